The fourth-order valence-electron chi connectivity index (χ4n) is 3.19. The Morgan fingerprint density at radius 2 is 1.65 bits per heavy atom. The first-order valence-electron chi connectivity index (χ1n) is 9.26. The van der Waals surface area contributed by atoms with Crippen molar-refractivity contribution in [3.05, 3.63) is 83.7 Å². The van der Waals surface area contributed by atoms with E-state index < -0.39 is 21.9 Å². The first-order chi connectivity index (χ1) is 14.6. The Kier molecular flexibility index (Phi) is 5.18. The van der Waals surface area contributed by atoms with Gasteiger partial charge in [-0.3, -0.25) is 4.68 Å². The standard InChI is InChI=1S/C20H18F3N5O2S/c1-27(14-17-11-12-24-28(17)13-15-5-3-2-4-6-15)31(29,30)18-9-7-16(8-10-18)19(25-26-19)20(21,22)23/h2-12H,13-14H2,1H3. The fraction of sp³-hybridized carbons (Fsp3) is 0.250. The van der Waals surface area contributed by atoms with Crippen molar-refractivity contribution in [2.24, 2.45) is 10.2 Å². The van der Waals surface area contributed by atoms with Gasteiger partial charge in [0.05, 0.1) is 23.7 Å². The molecule has 4 rings (SSSR count). The zero-order valence-corrected chi connectivity index (χ0v) is 17.2. The predicted octanol–water partition coefficient (Wildman–Crippen LogP) is 3.93. The van der Waals surface area contributed by atoms with Crippen molar-refractivity contribution in [1.29, 1.82) is 0 Å². The second-order valence-electron chi connectivity index (χ2n) is 7.12. The Morgan fingerprint density at radius 1 is 1.00 bits per heavy atom. The maximum absolute atomic E-state index is 13.1. The Hall–Kier alpha value is -3.05. The van der Waals surface area contributed by atoms with Crippen LogP contribution in [0, 0.1) is 0 Å². The normalized spacial score (nSPS) is 15.4. The molecular formula is C20H18F3N5O2S. The van der Waals surface area contributed by atoms with Crippen LogP contribution < -0.4 is 0 Å². The van der Waals surface area contributed by atoms with Gasteiger partial charge < -0.3 is 0 Å². The SMILES string of the molecule is CN(Cc1ccnn1Cc1ccccc1)S(=O)(=O)c1ccc(C2(C(F)(F)F)N=N2)cc1. The molecule has 0 amide bonds. The summed E-state index contributed by atoms with van der Waals surface area (Å²) in [5, 5.41) is 10.5. The van der Waals surface area contributed by atoms with E-state index in [9.17, 15) is 21.6 Å². The topological polar surface area (TPSA) is 79.9 Å². The van der Waals surface area contributed by atoms with E-state index in [4.69, 9.17) is 0 Å². The Labute approximate surface area is 176 Å². The summed E-state index contributed by atoms with van der Waals surface area (Å²) in [6.07, 6.45) is -3.08. The van der Waals surface area contributed by atoms with Crippen molar-refractivity contribution < 1.29 is 21.6 Å². The molecular weight excluding hydrogens is 431 g/mol. The van der Waals surface area contributed by atoms with Crippen LogP contribution in [-0.2, 0) is 28.8 Å². The summed E-state index contributed by atoms with van der Waals surface area (Å²) in [7, 11) is -2.52. The molecule has 0 aliphatic carbocycles. The highest BCUT2D eigenvalue weighted by Gasteiger charge is 2.65. The molecule has 0 saturated heterocycles. The van der Waals surface area contributed by atoms with E-state index in [1.165, 1.54) is 7.05 Å². The zero-order valence-electron chi connectivity index (χ0n) is 16.4. The highest BCUT2D eigenvalue weighted by atomic mass is 32.2. The molecule has 3 aromatic rings. The average molecular weight is 449 g/mol. The van der Waals surface area contributed by atoms with Gasteiger partial charge in [-0.1, -0.05) is 42.5 Å². The van der Waals surface area contributed by atoms with E-state index in [1.54, 1.807) is 16.9 Å². The van der Waals surface area contributed by atoms with Gasteiger partial charge in [-0.15, -0.1) is 10.2 Å². The molecule has 1 aromatic heterocycles. The summed E-state index contributed by atoms with van der Waals surface area (Å²) in [6, 6.07) is 15.8. The number of aromatic nitrogens is 2. The quantitative estimate of drug-likeness (QED) is 0.548. The average Bonchev–Trinajstić information content (AvgIpc) is 3.46. The second kappa shape index (κ2) is 7.57. The van der Waals surface area contributed by atoms with Crippen molar-refractivity contribution in [2.45, 2.75) is 29.8 Å². The predicted molar refractivity (Wildman–Crippen MR) is 105 cm³/mol. The Bertz CT molecular complexity index is 1200. The molecule has 162 valence electrons. The van der Waals surface area contributed by atoms with Gasteiger partial charge in [-0.25, -0.2) is 8.42 Å². The highest BCUT2D eigenvalue weighted by molar-refractivity contribution is 7.89. The van der Waals surface area contributed by atoms with E-state index in [2.05, 4.69) is 15.3 Å². The van der Waals surface area contributed by atoms with Crippen LogP contribution in [0.1, 0.15) is 16.8 Å². The number of hydrogen-bond acceptors (Lipinski definition) is 5. The molecule has 31 heavy (non-hydrogen) atoms. The molecule has 0 atom stereocenters. The molecule has 0 unspecified atom stereocenters. The van der Waals surface area contributed by atoms with Crippen LogP contribution in [0.3, 0.4) is 0 Å². The summed E-state index contributed by atoms with van der Waals surface area (Å²) in [4.78, 5) is -0.120. The minimum Gasteiger partial charge on any atom is -0.264 e. The first kappa shape index (κ1) is 21.2. The van der Waals surface area contributed by atoms with Gasteiger partial charge in [-0.05, 0) is 23.8 Å². The minimum atomic E-state index is -4.67. The highest BCUT2D eigenvalue weighted by Crippen LogP contribution is 2.52. The zero-order chi connectivity index (χ0) is 22.3. The molecule has 0 fully saturated rings. The van der Waals surface area contributed by atoms with Crippen molar-refractivity contribution in [1.82, 2.24) is 14.1 Å². The third-order valence-electron chi connectivity index (χ3n) is 5.02. The fourth-order valence-corrected chi connectivity index (χ4v) is 4.33. The van der Waals surface area contributed by atoms with Crippen LogP contribution in [0.2, 0.25) is 0 Å². The minimum absolute atomic E-state index is 0.0497. The second-order valence-corrected chi connectivity index (χ2v) is 9.17. The van der Waals surface area contributed by atoms with Gasteiger partial charge in [0.2, 0.25) is 10.0 Å². The molecule has 1 aliphatic heterocycles. The van der Waals surface area contributed by atoms with Crippen LogP contribution in [0.5, 0.6) is 0 Å². The number of sulfonamides is 1. The third kappa shape index (κ3) is 3.98. The lowest BCUT2D eigenvalue weighted by atomic mass is 10.0. The van der Waals surface area contributed by atoms with Gasteiger partial charge >= 0.3 is 11.8 Å². The number of halogens is 3. The van der Waals surface area contributed by atoms with Gasteiger partial charge in [-0.2, -0.15) is 22.6 Å². The maximum Gasteiger partial charge on any atom is 0.442 e. The lowest BCUT2D eigenvalue weighted by Gasteiger charge is -2.19. The van der Waals surface area contributed by atoms with Gasteiger partial charge in [0.1, 0.15) is 0 Å². The molecule has 2 heterocycles. The molecule has 2 aromatic carbocycles. The van der Waals surface area contributed by atoms with Crippen molar-refractivity contribution in [3.8, 4) is 0 Å². The Balaban J connectivity index is 1.51. The van der Waals surface area contributed by atoms with E-state index in [0.29, 0.717) is 12.2 Å². The molecule has 0 spiro atoms. The summed E-state index contributed by atoms with van der Waals surface area (Å²) < 4.78 is 68.1. The van der Waals surface area contributed by atoms with E-state index in [0.717, 1.165) is 34.1 Å². The molecule has 11 heteroatoms. The lowest BCUT2D eigenvalue weighted by molar-refractivity contribution is -0.166. The summed E-state index contributed by atoms with van der Waals surface area (Å²) >= 11 is 0. The monoisotopic (exact) mass is 449 g/mol. The van der Waals surface area contributed by atoms with Gasteiger partial charge in [0.15, 0.2) is 0 Å². The molecule has 7 nitrogen and oxygen atoms in total. The van der Waals surface area contributed by atoms with E-state index >= 15 is 0 Å². The van der Waals surface area contributed by atoms with E-state index in [-0.39, 0.29) is 17.0 Å². The van der Waals surface area contributed by atoms with Crippen molar-refractivity contribution in [3.63, 3.8) is 0 Å². The largest absolute Gasteiger partial charge is 0.442 e. The maximum atomic E-state index is 13.1. The number of benzene rings is 2. The van der Waals surface area contributed by atoms with Crippen LogP contribution >= 0.6 is 0 Å². The Morgan fingerprint density at radius 3 is 2.23 bits per heavy atom. The number of nitrogens with zero attached hydrogens (tertiary/aromatic N) is 5. The summed E-state index contributed by atoms with van der Waals surface area (Å²) in [5.74, 6) is 0. The molecule has 1 aliphatic rings. The lowest BCUT2D eigenvalue weighted by Crippen LogP contribution is -2.30. The molecule has 0 radical (unpaired) electrons. The molecule has 0 bridgehead atoms. The summed E-state index contributed by atoms with van der Waals surface area (Å²) in [5.41, 5.74) is -1.10. The number of alkyl halides is 3. The summed E-state index contributed by atoms with van der Waals surface area (Å²) in [6.45, 7) is 0.534. The van der Waals surface area contributed by atoms with Crippen LogP contribution in [-0.4, -0.2) is 35.7 Å². The third-order valence-corrected chi connectivity index (χ3v) is 6.84. The molecule has 0 N–H and O–H groups in total. The smallest absolute Gasteiger partial charge is 0.264 e. The van der Waals surface area contributed by atoms with Crippen LogP contribution in [0.15, 0.2) is 82.0 Å². The van der Waals surface area contributed by atoms with Gasteiger partial charge in [0, 0.05) is 18.8 Å². The number of hydrogen-bond donors (Lipinski definition) is 0. The van der Waals surface area contributed by atoms with E-state index in [1.807, 2.05) is 30.3 Å². The molecule has 0 saturated carbocycles. The van der Waals surface area contributed by atoms with Crippen LogP contribution in [0.4, 0.5) is 13.2 Å². The van der Waals surface area contributed by atoms with Gasteiger partial charge in [0.25, 0.3) is 0 Å². The van der Waals surface area contributed by atoms with Crippen LogP contribution in [0.25, 0.3) is 0 Å². The van der Waals surface area contributed by atoms with Crippen molar-refractivity contribution >= 4 is 10.0 Å². The first-order valence-corrected chi connectivity index (χ1v) is 10.7. The van der Waals surface area contributed by atoms with Crippen molar-refractivity contribution in [2.75, 3.05) is 7.05 Å². The number of rotatable bonds is 7.